The Bertz CT molecular complexity index is 1100. The van der Waals surface area contributed by atoms with Gasteiger partial charge in [-0.25, -0.2) is 9.59 Å². The molecule has 0 aliphatic carbocycles. The van der Waals surface area contributed by atoms with Crippen LogP contribution in [0, 0.1) is 0 Å². The van der Waals surface area contributed by atoms with Crippen molar-refractivity contribution in [3.05, 3.63) is 96.6 Å². The van der Waals surface area contributed by atoms with E-state index in [1.165, 1.54) is 0 Å². The standard InChI is InChI=1S/C23H24O4.C8H14O2/c1-4-23(2,3)27-22(25)17-26-21-15-11-19(12-16-21)8-6-5-7-18-9-13-20(24)14-10-18;1-6(2)7(9)10-8(3,4)5/h4-16,24H,1,17H2,2-3H3;1H2,2-5H3. The Kier molecular flexibility index (Phi) is 12.1. The Morgan fingerprint density at radius 3 is 1.76 bits per heavy atom. The Balaban J connectivity index is 0.000000580. The van der Waals surface area contributed by atoms with E-state index in [-0.39, 0.29) is 18.3 Å². The molecule has 0 bridgehead atoms. The molecule has 0 amide bonds. The number of hydrogen-bond donors (Lipinski definition) is 1. The number of aromatic hydroxyl groups is 1. The summed E-state index contributed by atoms with van der Waals surface area (Å²) in [7, 11) is 0. The van der Waals surface area contributed by atoms with Gasteiger partial charge in [0.1, 0.15) is 22.7 Å². The molecule has 0 radical (unpaired) electrons. The molecular weight excluding hydrogens is 468 g/mol. The molecular formula is C31H38O6. The van der Waals surface area contributed by atoms with Gasteiger partial charge < -0.3 is 19.3 Å². The fourth-order valence-corrected chi connectivity index (χ4v) is 2.47. The molecule has 0 aliphatic heterocycles. The van der Waals surface area contributed by atoms with E-state index < -0.39 is 17.2 Å². The van der Waals surface area contributed by atoms with Crippen LogP contribution >= 0.6 is 0 Å². The van der Waals surface area contributed by atoms with E-state index in [0.717, 1.165) is 11.1 Å². The van der Waals surface area contributed by atoms with Crippen molar-refractivity contribution in [2.45, 2.75) is 52.7 Å². The molecule has 0 saturated heterocycles. The van der Waals surface area contributed by atoms with Crippen LogP contribution in [-0.2, 0) is 19.1 Å². The van der Waals surface area contributed by atoms with Gasteiger partial charge in [-0.2, -0.15) is 0 Å². The molecule has 0 aromatic heterocycles. The van der Waals surface area contributed by atoms with Crippen LogP contribution in [0.15, 0.2) is 85.5 Å². The Morgan fingerprint density at radius 1 is 0.865 bits per heavy atom. The lowest BCUT2D eigenvalue weighted by molar-refractivity contribution is -0.155. The van der Waals surface area contributed by atoms with Gasteiger partial charge in [-0.3, -0.25) is 0 Å². The summed E-state index contributed by atoms with van der Waals surface area (Å²) in [6.45, 7) is 17.6. The second kappa shape index (κ2) is 14.5. The van der Waals surface area contributed by atoms with Crippen LogP contribution in [0.25, 0.3) is 12.2 Å². The molecule has 198 valence electrons. The van der Waals surface area contributed by atoms with E-state index in [9.17, 15) is 14.7 Å². The average molecular weight is 507 g/mol. The van der Waals surface area contributed by atoms with E-state index >= 15 is 0 Å². The lowest BCUT2D eigenvalue weighted by Crippen LogP contribution is -2.28. The Labute approximate surface area is 220 Å². The van der Waals surface area contributed by atoms with Crippen LogP contribution in [0.2, 0.25) is 0 Å². The summed E-state index contributed by atoms with van der Waals surface area (Å²) in [4.78, 5) is 22.6. The van der Waals surface area contributed by atoms with Crippen molar-refractivity contribution >= 4 is 24.1 Å². The van der Waals surface area contributed by atoms with E-state index in [0.29, 0.717) is 11.3 Å². The fraction of sp³-hybridized carbons (Fsp3) is 0.290. The van der Waals surface area contributed by atoms with Gasteiger partial charge in [0.15, 0.2) is 6.61 Å². The van der Waals surface area contributed by atoms with Gasteiger partial charge in [-0.05, 0) is 83.0 Å². The van der Waals surface area contributed by atoms with Gasteiger partial charge in [0, 0.05) is 5.57 Å². The number of rotatable bonds is 9. The minimum absolute atomic E-state index is 0.151. The molecule has 2 aromatic carbocycles. The number of benzene rings is 2. The molecule has 0 heterocycles. The first-order valence-corrected chi connectivity index (χ1v) is 11.8. The molecule has 0 atom stereocenters. The normalized spacial score (nSPS) is 11.4. The number of esters is 2. The molecule has 6 nitrogen and oxygen atoms in total. The first-order valence-electron chi connectivity index (χ1n) is 11.8. The third kappa shape index (κ3) is 14.2. The van der Waals surface area contributed by atoms with Crippen molar-refractivity contribution in [2.24, 2.45) is 0 Å². The third-order valence-electron chi connectivity index (χ3n) is 4.43. The molecule has 2 rings (SSSR count). The lowest BCUT2D eigenvalue weighted by Gasteiger charge is -2.20. The largest absolute Gasteiger partial charge is 0.508 e. The van der Waals surface area contributed by atoms with E-state index in [2.05, 4.69) is 13.2 Å². The van der Waals surface area contributed by atoms with Gasteiger partial charge in [0.2, 0.25) is 0 Å². The van der Waals surface area contributed by atoms with Gasteiger partial charge in [-0.15, -0.1) is 0 Å². The maximum absolute atomic E-state index is 11.7. The van der Waals surface area contributed by atoms with Gasteiger partial charge in [0.25, 0.3) is 0 Å². The van der Waals surface area contributed by atoms with Crippen molar-refractivity contribution in [1.29, 1.82) is 0 Å². The summed E-state index contributed by atoms with van der Waals surface area (Å²) < 4.78 is 15.6. The monoisotopic (exact) mass is 506 g/mol. The highest BCUT2D eigenvalue weighted by atomic mass is 16.6. The van der Waals surface area contributed by atoms with E-state index in [1.807, 2.05) is 69.3 Å². The first-order chi connectivity index (χ1) is 17.2. The molecule has 0 unspecified atom stereocenters. The summed E-state index contributed by atoms with van der Waals surface area (Å²) >= 11 is 0. The van der Waals surface area contributed by atoms with Crippen LogP contribution < -0.4 is 4.74 Å². The summed E-state index contributed by atoms with van der Waals surface area (Å²) in [6.07, 6.45) is 9.33. The molecule has 0 saturated carbocycles. The molecule has 2 aromatic rings. The van der Waals surface area contributed by atoms with Crippen LogP contribution in [0.1, 0.15) is 52.7 Å². The van der Waals surface area contributed by atoms with E-state index in [1.54, 1.807) is 51.1 Å². The molecule has 0 spiro atoms. The predicted octanol–water partition coefficient (Wildman–Crippen LogP) is 6.91. The molecule has 37 heavy (non-hydrogen) atoms. The van der Waals surface area contributed by atoms with Crippen molar-refractivity contribution in [3.8, 4) is 11.5 Å². The van der Waals surface area contributed by atoms with Crippen LogP contribution in [-0.4, -0.2) is 34.9 Å². The number of hydrogen-bond acceptors (Lipinski definition) is 6. The zero-order valence-corrected chi connectivity index (χ0v) is 22.6. The predicted molar refractivity (Wildman–Crippen MR) is 149 cm³/mol. The van der Waals surface area contributed by atoms with Crippen molar-refractivity contribution in [1.82, 2.24) is 0 Å². The number of ether oxygens (including phenoxy) is 3. The Morgan fingerprint density at radius 2 is 1.35 bits per heavy atom. The molecule has 6 heteroatoms. The summed E-state index contributed by atoms with van der Waals surface area (Å²) in [5, 5.41) is 9.25. The highest BCUT2D eigenvalue weighted by molar-refractivity contribution is 5.87. The SMILES string of the molecule is C=C(C)C(=O)OC(C)(C)C.C=CC(C)(C)OC(=O)COc1ccc(C=CC=Cc2ccc(O)cc2)cc1. The number of phenols is 1. The average Bonchev–Trinajstić information content (AvgIpc) is 2.81. The van der Waals surface area contributed by atoms with Crippen molar-refractivity contribution in [2.75, 3.05) is 6.61 Å². The van der Waals surface area contributed by atoms with E-state index in [4.69, 9.17) is 14.2 Å². The van der Waals surface area contributed by atoms with Crippen LogP contribution in [0.4, 0.5) is 0 Å². The number of carbonyl (C=O) groups excluding carboxylic acids is 2. The minimum Gasteiger partial charge on any atom is -0.508 e. The maximum Gasteiger partial charge on any atom is 0.345 e. The topological polar surface area (TPSA) is 82.1 Å². The third-order valence-corrected chi connectivity index (χ3v) is 4.43. The zero-order valence-electron chi connectivity index (χ0n) is 22.6. The number of carbonyl (C=O) groups is 2. The Hall–Kier alpha value is -4.06. The fourth-order valence-electron chi connectivity index (χ4n) is 2.47. The highest BCUT2D eigenvalue weighted by Gasteiger charge is 2.18. The first kappa shape index (κ1) is 31.0. The minimum atomic E-state index is -0.706. The molecule has 0 aliphatic rings. The lowest BCUT2D eigenvalue weighted by atomic mass is 10.1. The van der Waals surface area contributed by atoms with Crippen LogP contribution in [0.5, 0.6) is 11.5 Å². The second-order valence-corrected chi connectivity index (χ2v) is 9.73. The molecule has 1 N–H and O–H groups in total. The quantitative estimate of drug-likeness (QED) is 0.172. The highest BCUT2D eigenvalue weighted by Crippen LogP contribution is 2.15. The van der Waals surface area contributed by atoms with Gasteiger partial charge in [0.05, 0.1) is 0 Å². The zero-order chi connectivity index (χ0) is 28.1. The molecule has 0 fully saturated rings. The van der Waals surface area contributed by atoms with Gasteiger partial charge >= 0.3 is 11.9 Å². The van der Waals surface area contributed by atoms with Crippen LogP contribution in [0.3, 0.4) is 0 Å². The van der Waals surface area contributed by atoms with Crippen molar-refractivity contribution in [3.63, 3.8) is 0 Å². The maximum atomic E-state index is 11.7. The second-order valence-electron chi connectivity index (χ2n) is 9.73. The number of allylic oxidation sites excluding steroid dienone is 2. The summed E-state index contributed by atoms with van der Waals surface area (Å²) in [6, 6.07) is 14.4. The summed E-state index contributed by atoms with van der Waals surface area (Å²) in [5.41, 5.74) is 1.34. The smallest absolute Gasteiger partial charge is 0.345 e. The summed E-state index contributed by atoms with van der Waals surface area (Å²) in [5.74, 6) is 0.0820. The van der Waals surface area contributed by atoms with Crippen molar-refractivity contribution < 1.29 is 28.9 Å². The van der Waals surface area contributed by atoms with Gasteiger partial charge in [-0.1, -0.05) is 61.7 Å². The number of phenolic OH excluding ortho intramolecular Hbond substituents is 1.